The minimum absolute atomic E-state index is 0.0251. The third kappa shape index (κ3) is 4.50. The number of carbonyl (C=O) groups excluding carboxylic acids is 1. The van der Waals surface area contributed by atoms with Gasteiger partial charge in [0.15, 0.2) is 5.82 Å². The van der Waals surface area contributed by atoms with Crippen molar-refractivity contribution in [3.63, 3.8) is 0 Å². The number of methoxy groups -OCH3 is 1. The molecule has 7 heteroatoms. The highest BCUT2D eigenvalue weighted by Crippen LogP contribution is 2.15. The predicted octanol–water partition coefficient (Wildman–Crippen LogP) is 0.415. The van der Waals surface area contributed by atoms with Crippen LogP contribution in [0, 0.1) is 0 Å². The molecule has 0 radical (unpaired) electrons. The van der Waals surface area contributed by atoms with Crippen LogP contribution in [0.15, 0.2) is 6.33 Å². The zero-order chi connectivity index (χ0) is 15.1. The summed E-state index contributed by atoms with van der Waals surface area (Å²) in [6.07, 6.45) is 6.09. The number of ether oxygens (including phenoxy) is 1. The van der Waals surface area contributed by atoms with E-state index < -0.39 is 0 Å². The maximum Gasteiger partial charge on any atom is 0.237 e. The van der Waals surface area contributed by atoms with Gasteiger partial charge in [-0.3, -0.25) is 9.69 Å². The lowest BCUT2D eigenvalue weighted by atomic mass is 10.1. The third-order valence-electron chi connectivity index (χ3n) is 3.98. The van der Waals surface area contributed by atoms with Crippen LogP contribution in [0.2, 0.25) is 0 Å². The van der Waals surface area contributed by atoms with Crippen LogP contribution in [0.5, 0.6) is 0 Å². The lowest BCUT2D eigenvalue weighted by Crippen LogP contribution is -2.44. The molecule has 2 heterocycles. The maximum atomic E-state index is 12.3. The molecule has 118 valence electrons. The Morgan fingerprint density at radius 1 is 1.48 bits per heavy atom. The lowest BCUT2D eigenvalue weighted by Gasteiger charge is -2.24. The molecule has 0 bridgehead atoms. The van der Waals surface area contributed by atoms with E-state index in [9.17, 15) is 4.79 Å². The van der Waals surface area contributed by atoms with Gasteiger partial charge in [-0.15, -0.1) is 10.2 Å². The van der Waals surface area contributed by atoms with Gasteiger partial charge in [0.05, 0.1) is 19.2 Å². The number of rotatable bonds is 6. The topological polar surface area (TPSA) is 72.3 Å². The Morgan fingerprint density at radius 2 is 2.33 bits per heavy atom. The molecular formula is C14H25N5O2. The van der Waals surface area contributed by atoms with Gasteiger partial charge >= 0.3 is 0 Å². The third-order valence-corrected chi connectivity index (χ3v) is 3.98. The normalized spacial score (nSPS) is 20.2. The van der Waals surface area contributed by atoms with Crippen molar-refractivity contribution in [3.8, 4) is 0 Å². The smallest absolute Gasteiger partial charge is 0.237 e. The molecule has 1 saturated heterocycles. The van der Waals surface area contributed by atoms with Crippen LogP contribution in [0.25, 0.3) is 0 Å². The highest BCUT2D eigenvalue weighted by atomic mass is 16.5. The second kappa shape index (κ2) is 8.09. The molecule has 2 rings (SSSR count). The molecule has 0 saturated carbocycles. The van der Waals surface area contributed by atoms with E-state index in [-0.39, 0.29) is 11.9 Å². The van der Waals surface area contributed by atoms with Gasteiger partial charge in [0.2, 0.25) is 5.91 Å². The number of likely N-dealkylation sites (tertiary alicyclic amines) is 1. The minimum Gasteiger partial charge on any atom is -0.383 e. The largest absolute Gasteiger partial charge is 0.383 e. The molecule has 7 nitrogen and oxygen atoms in total. The Labute approximate surface area is 125 Å². The fraction of sp³-hybridized carbons (Fsp3) is 0.786. The van der Waals surface area contributed by atoms with Crippen molar-refractivity contribution < 1.29 is 9.53 Å². The van der Waals surface area contributed by atoms with E-state index in [0.717, 1.165) is 25.2 Å². The second-order valence-corrected chi connectivity index (χ2v) is 5.50. The van der Waals surface area contributed by atoms with Crippen molar-refractivity contribution in [2.24, 2.45) is 0 Å². The molecule has 1 fully saturated rings. The average molecular weight is 295 g/mol. The van der Waals surface area contributed by atoms with Crippen LogP contribution in [0.3, 0.4) is 0 Å². The van der Waals surface area contributed by atoms with Crippen LogP contribution >= 0.6 is 0 Å². The average Bonchev–Trinajstić information content (AvgIpc) is 2.82. The fourth-order valence-corrected chi connectivity index (χ4v) is 2.66. The monoisotopic (exact) mass is 295 g/mol. The van der Waals surface area contributed by atoms with Gasteiger partial charge < -0.3 is 14.6 Å². The second-order valence-electron chi connectivity index (χ2n) is 5.50. The zero-order valence-corrected chi connectivity index (χ0v) is 12.9. The van der Waals surface area contributed by atoms with E-state index in [2.05, 4.69) is 20.4 Å². The Kier molecular flexibility index (Phi) is 6.13. The van der Waals surface area contributed by atoms with Crippen molar-refractivity contribution >= 4 is 5.91 Å². The number of amides is 1. The quantitative estimate of drug-likeness (QED) is 0.823. The number of carbonyl (C=O) groups is 1. The van der Waals surface area contributed by atoms with E-state index >= 15 is 0 Å². The van der Waals surface area contributed by atoms with Crippen molar-refractivity contribution in [2.75, 3.05) is 27.3 Å². The number of nitrogens with zero attached hydrogens (tertiary/aromatic N) is 4. The Hall–Kier alpha value is -1.47. The maximum absolute atomic E-state index is 12.3. The summed E-state index contributed by atoms with van der Waals surface area (Å²) in [5.74, 6) is 0.845. The molecule has 1 N–H and O–H groups in total. The van der Waals surface area contributed by atoms with E-state index in [0.29, 0.717) is 19.7 Å². The summed E-state index contributed by atoms with van der Waals surface area (Å²) in [6.45, 7) is 2.69. The van der Waals surface area contributed by atoms with Crippen LogP contribution in [-0.4, -0.2) is 58.9 Å². The summed E-state index contributed by atoms with van der Waals surface area (Å²) in [7, 11) is 3.68. The van der Waals surface area contributed by atoms with Gasteiger partial charge in [-0.2, -0.15) is 0 Å². The van der Waals surface area contributed by atoms with Crippen molar-refractivity contribution in [3.05, 3.63) is 12.2 Å². The first kappa shape index (κ1) is 15.9. The first-order valence-corrected chi connectivity index (χ1v) is 7.56. The molecular weight excluding hydrogens is 270 g/mol. The molecule has 0 aromatic carbocycles. The number of aromatic nitrogens is 3. The summed E-state index contributed by atoms with van der Waals surface area (Å²) < 4.78 is 6.95. The van der Waals surface area contributed by atoms with E-state index in [1.165, 1.54) is 12.8 Å². The van der Waals surface area contributed by atoms with Crippen LogP contribution in [0.1, 0.15) is 31.5 Å². The highest BCUT2D eigenvalue weighted by Gasteiger charge is 2.24. The van der Waals surface area contributed by atoms with Gasteiger partial charge in [0.1, 0.15) is 6.33 Å². The Morgan fingerprint density at radius 3 is 3.14 bits per heavy atom. The molecule has 0 spiro atoms. The first-order valence-electron chi connectivity index (χ1n) is 7.56. The molecule has 0 aliphatic carbocycles. The van der Waals surface area contributed by atoms with Crippen molar-refractivity contribution in [2.45, 2.75) is 44.8 Å². The SMILES string of the molecule is COCCn1cnnc1CNC(=O)[C@H]1CCCCCN1C. The fourth-order valence-electron chi connectivity index (χ4n) is 2.66. The number of hydrogen-bond acceptors (Lipinski definition) is 5. The summed E-state index contributed by atoms with van der Waals surface area (Å²) in [6, 6.07) is -0.0251. The molecule has 0 unspecified atom stereocenters. The number of likely N-dealkylation sites (N-methyl/N-ethyl adjacent to an activating group) is 1. The predicted molar refractivity (Wildman–Crippen MR) is 78.6 cm³/mol. The molecule has 21 heavy (non-hydrogen) atoms. The summed E-state index contributed by atoms with van der Waals surface area (Å²) in [4.78, 5) is 14.5. The summed E-state index contributed by atoms with van der Waals surface area (Å²) in [5.41, 5.74) is 0. The molecule has 1 aromatic rings. The minimum atomic E-state index is -0.0251. The molecule has 1 amide bonds. The number of nitrogens with one attached hydrogen (secondary N) is 1. The Bertz CT molecular complexity index is 448. The molecule has 1 aliphatic heterocycles. The van der Waals surface area contributed by atoms with E-state index in [4.69, 9.17) is 4.74 Å². The Balaban J connectivity index is 1.87. The molecule has 1 aromatic heterocycles. The van der Waals surface area contributed by atoms with Crippen LogP contribution in [-0.2, 0) is 22.6 Å². The van der Waals surface area contributed by atoms with E-state index in [1.54, 1.807) is 13.4 Å². The standard InChI is InChI=1S/C14H25N5O2/c1-18-7-5-3-4-6-12(18)14(20)15-10-13-17-16-11-19(13)8-9-21-2/h11-12H,3-10H2,1-2H3,(H,15,20)/t12-/m1/s1. The highest BCUT2D eigenvalue weighted by molar-refractivity contribution is 5.81. The van der Waals surface area contributed by atoms with E-state index in [1.807, 2.05) is 11.6 Å². The molecule has 1 aliphatic rings. The summed E-state index contributed by atoms with van der Waals surface area (Å²) in [5, 5.41) is 10.9. The van der Waals surface area contributed by atoms with Gasteiger partial charge in [-0.25, -0.2) is 0 Å². The van der Waals surface area contributed by atoms with Crippen LogP contribution < -0.4 is 5.32 Å². The van der Waals surface area contributed by atoms with Gasteiger partial charge in [-0.1, -0.05) is 12.8 Å². The lowest BCUT2D eigenvalue weighted by molar-refractivity contribution is -0.126. The zero-order valence-electron chi connectivity index (χ0n) is 12.9. The summed E-state index contributed by atoms with van der Waals surface area (Å²) >= 11 is 0. The molecule has 1 atom stereocenters. The first-order chi connectivity index (χ1) is 10.2. The van der Waals surface area contributed by atoms with Gasteiger partial charge in [0.25, 0.3) is 0 Å². The van der Waals surface area contributed by atoms with Gasteiger partial charge in [-0.05, 0) is 26.4 Å². The van der Waals surface area contributed by atoms with Crippen molar-refractivity contribution in [1.82, 2.24) is 25.0 Å². The number of hydrogen-bond donors (Lipinski definition) is 1. The van der Waals surface area contributed by atoms with Gasteiger partial charge in [0, 0.05) is 13.7 Å². The van der Waals surface area contributed by atoms with Crippen molar-refractivity contribution in [1.29, 1.82) is 0 Å². The van der Waals surface area contributed by atoms with Crippen LogP contribution in [0.4, 0.5) is 0 Å².